The number of carbonyl (C=O) groups is 3. The third-order valence-electron chi connectivity index (χ3n) is 6.71. The summed E-state index contributed by atoms with van der Waals surface area (Å²) in [5, 5.41) is 13.4. The van der Waals surface area contributed by atoms with Gasteiger partial charge in [-0.3, -0.25) is 30.0 Å². The van der Waals surface area contributed by atoms with E-state index in [1.807, 2.05) is 0 Å². The third kappa shape index (κ3) is 6.46. The summed E-state index contributed by atoms with van der Waals surface area (Å²) >= 11 is 0. The second-order valence-electron chi connectivity index (χ2n) is 9.34. The van der Waals surface area contributed by atoms with Gasteiger partial charge in [0, 0.05) is 30.0 Å². The second kappa shape index (κ2) is 11.7. The number of aromatic nitrogens is 1. The minimum absolute atomic E-state index is 0.0239. The van der Waals surface area contributed by atoms with E-state index in [9.17, 15) is 28.0 Å². The molecule has 3 N–H and O–H groups in total. The van der Waals surface area contributed by atoms with E-state index >= 15 is 0 Å². The third-order valence-corrected chi connectivity index (χ3v) is 8.56. The number of amides is 3. The van der Waals surface area contributed by atoms with Gasteiger partial charge in [-0.15, -0.1) is 0 Å². The van der Waals surface area contributed by atoms with Gasteiger partial charge in [-0.1, -0.05) is 32.1 Å². The molecule has 12 nitrogen and oxygen atoms in total. The fraction of sp³-hybridized carbons (Fsp3) is 0.500. The van der Waals surface area contributed by atoms with Gasteiger partial charge in [0.2, 0.25) is 6.20 Å². The number of pyridine rings is 1. The van der Waals surface area contributed by atoms with Crippen molar-refractivity contribution in [2.24, 2.45) is 5.92 Å². The van der Waals surface area contributed by atoms with Crippen LogP contribution in [-0.2, 0) is 19.6 Å². The number of hydrogen-bond donors (Lipinski definition) is 3. The van der Waals surface area contributed by atoms with E-state index in [1.165, 1.54) is 36.7 Å². The molecular formula is C24H32N5O7S+. The first-order chi connectivity index (χ1) is 17.8. The van der Waals surface area contributed by atoms with Crippen molar-refractivity contribution in [3.05, 3.63) is 48.6 Å². The molecule has 0 bridgehead atoms. The SMILES string of the molecule is O=C(N[C@@H](CC1CCCCC1)C(=O)NN1CCCN(S(=O)(=O)c2cccc[n+]2O)CC1=O)c1ccco1. The van der Waals surface area contributed by atoms with Crippen LogP contribution in [0.2, 0.25) is 0 Å². The van der Waals surface area contributed by atoms with Crippen molar-refractivity contribution in [3.63, 3.8) is 0 Å². The minimum Gasteiger partial charge on any atom is -0.459 e. The first-order valence-electron chi connectivity index (χ1n) is 12.4. The monoisotopic (exact) mass is 534 g/mol. The molecule has 37 heavy (non-hydrogen) atoms. The average molecular weight is 535 g/mol. The lowest BCUT2D eigenvalue weighted by Gasteiger charge is -2.29. The summed E-state index contributed by atoms with van der Waals surface area (Å²) in [4.78, 5) is 38.9. The smallest absolute Gasteiger partial charge is 0.361 e. The summed E-state index contributed by atoms with van der Waals surface area (Å²) in [6, 6.07) is 6.36. The largest absolute Gasteiger partial charge is 0.459 e. The van der Waals surface area contributed by atoms with Gasteiger partial charge >= 0.3 is 15.0 Å². The first-order valence-corrected chi connectivity index (χ1v) is 13.8. The molecule has 3 amide bonds. The van der Waals surface area contributed by atoms with Crippen LogP contribution < -0.4 is 15.5 Å². The van der Waals surface area contributed by atoms with Crippen molar-refractivity contribution in [1.29, 1.82) is 0 Å². The van der Waals surface area contributed by atoms with E-state index < -0.39 is 40.3 Å². The standard InChI is InChI=1S/C24H31N5O7S/c30-21-17-27(37(34,35)22-11-4-5-14-29(22)33)12-7-13-28(21)26-23(31)19(16-18-8-2-1-3-9-18)25-24(32)20-10-6-15-36-20/h4-6,10-11,14-15,18-19H,1-3,7-9,12-13,16-17H2,(H2-,25,26,31,32,33)/p+1/t19-/m0/s1. The van der Waals surface area contributed by atoms with Crippen LogP contribution >= 0.6 is 0 Å². The molecule has 2 aliphatic rings. The van der Waals surface area contributed by atoms with Gasteiger partial charge in [0.1, 0.15) is 6.04 Å². The Hall–Kier alpha value is -3.45. The van der Waals surface area contributed by atoms with Gasteiger partial charge < -0.3 is 9.73 Å². The fourth-order valence-corrected chi connectivity index (χ4v) is 6.22. The second-order valence-corrected chi connectivity index (χ2v) is 11.2. The lowest BCUT2D eigenvalue weighted by atomic mass is 9.84. The molecule has 0 spiro atoms. The van der Waals surface area contributed by atoms with E-state index in [2.05, 4.69) is 10.7 Å². The predicted octanol–water partition coefficient (Wildman–Crippen LogP) is 0.828. The minimum atomic E-state index is -4.16. The summed E-state index contributed by atoms with van der Waals surface area (Å²) in [6.45, 7) is -0.396. The Morgan fingerprint density at radius 1 is 1.11 bits per heavy atom. The first kappa shape index (κ1) is 26.6. The van der Waals surface area contributed by atoms with E-state index in [1.54, 1.807) is 6.07 Å². The zero-order valence-corrected chi connectivity index (χ0v) is 21.2. The summed E-state index contributed by atoms with van der Waals surface area (Å²) in [7, 11) is -4.16. The highest BCUT2D eigenvalue weighted by Gasteiger charge is 2.38. The van der Waals surface area contributed by atoms with E-state index in [-0.39, 0.29) is 36.2 Å². The van der Waals surface area contributed by atoms with E-state index in [0.717, 1.165) is 41.4 Å². The van der Waals surface area contributed by atoms with Crippen LogP contribution in [0.1, 0.15) is 55.5 Å². The Morgan fingerprint density at radius 2 is 1.89 bits per heavy atom. The highest BCUT2D eigenvalue weighted by Crippen LogP contribution is 2.27. The Labute approximate surface area is 215 Å². The normalized spacial score (nSPS) is 18.7. The van der Waals surface area contributed by atoms with Gasteiger partial charge in [0.25, 0.3) is 17.7 Å². The molecular weight excluding hydrogens is 502 g/mol. The molecule has 1 aliphatic heterocycles. The average Bonchev–Trinajstić information content (AvgIpc) is 3.36. The molecule has 1 aliphatic carbocycles. The molecule has 200 valence electrons. The Kier molecular flexibility index (Phi) is 8.44. The topological polar surface area (TPSA) is 153 Å². The van der Waals surface area contributed by atoms with Crippen molar-refractivity contribution in [1.82, 2.24) is 20.1 Å². The zero-order valence-electron chi connectivity index (χ0n) is 20.4. The molecule has 0 aromatic carbocycles. The summed E-state index contributed by atoms with van der Waals surface area (Å²) in [5.74, 6) is -1.36. The lowest BCUT2D eigenvalue weighted by Crippen LogP contribution is -2.55. The number of hydrogen-bond acceptors (Lipinski definition) is 7. The highest BCUT2D eigenvalue weighted by molar-refractivity contribution is 7.89. The molecule has 1 saturated heterocycles. The number of nitrogens with zero attached hydrogens (tertiary/aromatic N) is 3. The van der Waals surface area contributed by atoms with Crippen LogP contribution in [0.3, 0.4) is 0 Å². The summed E-state index contributed by atoms with van der Waals surface area (Å²) in [5.41, 5.74) is 2.60. The van der Waals surface area contributed by atoms with Crippen molar-refractivity contribution in [2.75, 3.05) is 19.6 Å². The van der Waals surface area contributed by atoms with Gasteiger partial charge in [-0.05, 0) is 37.0 Å². The van der Waals surface area contributed by atoms with Gasteiger partial charge in [-0.25, -0.2) is 8.42 Å². The predicted molar refractivity (Wildman–Crippen MR) is 128 cm³/mol. The van der Waals surface area contributed by atoms with Gasteiger partial charge in [0.15, 0.2) is 5.76 Å². The molecule has 4 rings (SSSR count). The molecule has 0 unspecified atom stereocenters. The van der Waals surface area contributed by atoms with Crippen LogP contribution in [0.5, 0.6) is 0 Å². The molecule has 1 saturated carbocycles. The van der Waals surface area contributed by atoms with Crippen molar-refractivity contribution in [3.8, 4) is 0 Å². The Morgan fingerprint density at radius 3 is 2.59 bits per heavy atom. The van der Waals surface area contributed by atoms with Crippen LogP contribution in [0.4, 0.5) is 0 Å². The molecule has 3 heterocycles. The van der Waals surface area contributed by atoms with Gasteiger partial charge in [-0.2, -0.15) is 4.31 Å². The van der Waals surface area contributed by atoms with Crippen LogP contribution in [-0.4, -0.2) is 66.3 Å². The van der Waals surface area contributed by atoms with Crippen LogP contribution in [0.15, 0.2) is 52.2 Å². The number of hydrazine groups is 1. The van der Waals surface area contributed by atoms with Crippen molar-refractivity contribution in [2.45, 2.75) is 56.0 Å². The number of sulfonamides is 1. The molecule has 2 fully saturated rings. The summed E-state index contributed by atoms with van der Waals surface area (Å²) in [6.07, 6.45) is 8.43. The fourth-order valence-electron chi connectivity index (χ4n) is 4.76. The maximum absolute atomic E-state index is 13.3. The number of furan rings is 1. The lowest BCUT2D eigenvalue weighted by molar-refractivity contribution is -0.933. The maximum atomic E-state index is 13.3. The Bertz CT molecular complexity index is 1210. The molecule has 13 heteroatoms. The molecule has 1 atom stereocenters. The van der Waals surface area contributed by atoms with Crippen LogP contribution in [0.25, 0.3) is 0 Å². The van der Waals surface area contributed by atoms with Crippen LogP contribution in [0, 0.1) is 5.92 Å². The highest BCUT2D eigenvalue weighted by atomic mass is 32.2. The van der Waals surface area contributed by atoms with Gasteiger partial charge in [0.05, 0.1) is 12.8 Å². The number of rotatable bonds is 8. The van der Waals surface area contributed by atoms with Crippen molar-refractivity contribution < 1.29 is 37.2 Å². The number of nitrogens with one attached hydrogen (secondary N) is 2. The van der Waals surface area contributed by atoms with Crippen molar-refractivity contribution >= 4 is 27.7 Å². The molecule has 2 aromatic heterocycles. The maximum Gasteiger partial charge on any atom is 0.361 e. The Balaban J connectivity index is 1.44. The summed E-state index contributed by atoms with van der Waals surface area (Å²) < 4.78 is 32.7. The molecule has 2 aromatic rings. The van der Waals surface area contributed by atoms with E-state index in [0.29, 0.717) is 11.2 Å². The zero-order chi connectivity index (χ0) is 26.4. The quantitative estimate of drug-likeness (QED) is 0.335. The van der Waals surface area contributed by atoms with E-state index in [4.69, 9.17) is 4.42 Å². The number of carbonyl (C=O) groups excluding carboxylic acids is 3. The molecule has 0 radical (unpaired) electrons.